The van der Waals surface area contributed by atoms with Crippen LogP contribution < -0.4 is 10.5 Å². The fourth-order valence-corrected chi connectivity index (χ4v) is 4.19. The minimum atomic E-state index is -0.0288. The number of amides is 1. The maximum Gasteiger partial charge on any atom is 0.272 e. The van der Waals surface area contributed by atoms with Gasteiger partial charge in [0.2, 0.25) is 5.91 Å². The molecule has 0 unspecified atom stereocenters. The van der Waals surface area contributed by atoms with Gasteiger partial charge in [0.25, 0.3) is 5.56 Å². The van der Waals surface area contributed by atoms with Crippen LogP contribution in [0, 0.1) is 0 Å². The lowest BCUT2D eigenvalue weighted by atomic mass is 10.3. The van der Waals surface area contributed by atoms with E-state index in [2.05, 4.69) is 4.98 Å². The zero-order valence-corrected chi connectivity index (χ0v) is 15.8. The number of carbonyl (C=O) groups is 1. The molecule has 0 aliphatic rings. The van der Waals surface area contributed by atoms with Crippen LogP contribution in [0.1, 0.15) is 13.3 Å². The Balaban J connectivity index is 1.81. The van der Waals surface area contributed by atoms with Crippen molar-refractivity contribution >= 4 is 44.9 Å². The number of rotatable bonds is 6. The third kappa shape index (κ3) is 3.77. The minimum absolute atomic E-state index is 0.0202. The highest BCUT2D eigenvalue weighted by Gasteiger charge is 2.16. The molecule has 0 N–H and O–H groups in total. The molecule has 1 amide bonds. The molecule has 0 fully saturated rings. The van der Waals surface area contributed by atoms with Crippen LogP contribution in [-0.4, -0.2) is 28.3 Å². The summed E-state index contributed by atoms with van der Waals surface area (Å²) in [6.07, 6.45) is 0.837. The average molecular weight is 374 g/mol. The van der Waals surface area contributed by atoms with Gasteiger partial charge in [0.05, 0.1) is 11.3 Å². The van der Waals surface area contributed by atoms with Crippen LogP contribution in [0.3, 0.4) is 0 Å². The van der Waals surface area contributed by atoms with Gasteiger partial charge in [-0.1, -0.05) is 36.9 Å². The standard InChI is InChI=1S/C18H19N3O2S2/c1-3-10-21-17(23)16-14(9-11-24-16)19-18(21)25-12-15(22)20(2)13-7-5-4-6-8-13/h4-9,11H,3,10,12H2,1-2H3. The fraction of sp³-hybridized carbons (Fsp3) is 0.278. The average Bonchev–Trinajstić information content (AvgIpc) is 3.11. The predicted octanol–water partition coefficient (Wildman–Crippen LogP) is 3.62. The SMILES string of the molecule is CCCn1c(SCC(=O)N(C)c2ccccc2)nc2ccsc2c1=O. The molecule has 0 spiro atoms. The third-order valence-electron chi connectivity index (χ3n) is 3.82. The monoisotopic (exact) mass is 373 g/mol. The minimum Gasteiger partial charge on any atom is -0.315 e. The van der Waals surface area contributed by atoms with Crippen LogP contribution in [0.25, 0.3) is 10.2 Å². The molecule has 1 aromatic carbocycles. The third-order valence-corrected chi connectivity index (χ3v) is 5.67. The van der Waals surface area contributed by atoms with E-state index in [4.69, 9.17) is 0 Å². The molecule has 25 heavy (non-hydrogen) atoms. The van der Waals surface area contributed by atoms with Gasteiger partial charge < -0.3 is 4.90 Å². The molecule has 0 saturated heterocycles. The van der Waals surface area contributed by atoms with E-state index in [1.807, 2.05) is 48.7 Å². The molecule has 2 heterocycles. The molecule has 0 bridgehead atoms. The van der Waals surface area contributed by atoms with E-state index in [-0.39, 0.29) is 17.2 Å². The first kappa shape index (κ1) is 17.7. The molecular weight excluding hydrogens is 354 g/mol. The zero-order valence-electron chi connectivity index (χ0n) is 14.1. The van der Waals surface area contributed by atoms with Gasteiger partial charge in [-0.3, -0.25) is 14.2 Å². The van der Waals surface area contributed by atoms with E-state index in [1.165, 1.54) is 23.1 Å². The Morgan fingerprint density at radius 2 is 2.04 bits per heavy atom. The first-order valence-electron chi connectivity index (χ1n) is 8.04. The molecule has 0 aliphatic carbocycles. The van der Waals surface area contributed by atoms with Gasteiger partial charge >= 0.3 is 0 Å². The molecule has 0 aliphatic heterocycles. The summed E-state index contributed by atoms with van der Waals surface area (Å²) >= 11 is 2.72. The molecule has 0 atom stereocenters. The summed E-state index contributed by atoms with van der Waals surface area (Å²) in [7, 11) is 1.76. The van der Waals surface area contributed by atoms with Crippen molar-refractivity contribution in [3.63, 3.8) is 0 Å². The number of hydrogen-bond acceptors (Lipinski definition) is 5. The maximum absolute atomic E-state index is 12.6. The predicted molar refractivity (Wildman–Crippen MR) is 105 cm³/mol. The Hall–Kier alpha value is -2.12. The van der Waals surface area contributed by atoms with Crippen LogP contribution in [-0.2, 0) is 11.3 Å². The topological polar surface area (TPSA) is 55.2 Å². The lowest BCUT2D eigenvalue weighted by molar-refractivity contribution is -0.115. The van der Waals surface area contributed by atoms with E-state index >= 15 is 0 Å². The number of benzene rings is 1. The number of para-hydroxylation sites is 1. The molecule has 2 aromatic heterocycles. The van der Waals surface area contributed by atoms with Gasteiger partial charge in [-0.15, -0.1) is 11.3 Å². The Morgan fingerprint density at radius 3 is 2.76 bits per heavy atom. The second kappa shape index (κ2) is 7.84. The van der Waals surface area contributed by atoms with Gasteiger partial charge in [0, 0.05) is 19.3 Å². The first-order valence-corrected chi connectivity index (χ1v) is 9.90. The van der Waals surface area contributed by atoms with Crippen molar-refractivity contribution in [3.8, 4) is 0 Å². The van der Waals surface area contributed by atoms with Crippen molar-refractivity contribution < 1.29 is 4.79 Å². The zero-order chi connectivity index (χ0) is 17.8. The summed E-state index contributed by atoms with van der Waals surface area (Å²) in [6.45, 7) is 2.62. The van der Waals surface area contributed by atoms with E-state index in [9.17, 15) is 9.59 Å². The summed E-state index contributed by atoms with van der Waals surface area (Å²) in [4.78, 5) is 31.3. The van der Waals surface area contributed by atoms with Gasteiger partial charge in [-0.25, -0.2) is 4.98 Å². The first-order chi connectivity index (χ1) is 12.1. The quantitative estimate of drug-likeness (QED) is 0.489. The molecule has 130 valence electrons. The molecular formula is C18H19N3O2S2. The summed E-state index contributed by atoms with van der Waals surface area (Å²) < 4.78 is 2.35. The number of thiophene rings is 1. The molecule has 3 rings (SSSR count). The van der Waals surface area contributed by atoms with E-state index in [0.717, 1.165) is 12.1 Å². The molecule has 3 aromatic rings. The van der Waals surface area contributed by atoms with Gasteiger partial charge in [0.15, 0.2) is 5.16 Å². The highest BCUT2D eigenvalue weighted by atomic mass is 32.2. The summed E-state index contributed by atoms with van der Waals surface area (Å²) in [6, 6.07) is 11.4. The van der Waals surface area contributed by atoms with Crippen molar-refractivity contribution in [2.45, 2.75) is 25.0 Å². The smallest absolute Gasteiger partial charge is 0.272 e. The van der Waals surface area contributed by atoms with E-state index in [1.54, 1.807) is 16.5 Å². The van der Waals surface area contributed by atoms with Crippen molar-refractivity contribution in [1.82, 2.24) is 9.55 Å². The van der Waals surface area contributed by atoms with Crippen molar-refractivity contribution in [3.05, 3.63) is 52.1 Å². The number of fused-ring (bicyclic) bond motifs is 1. The van der Waals surface area contributed by atoms with E-state index < -0.39 is 0 Å². The molecule has 5 nitrogen and oxygen atoms in total. The van der Waals surface area contributed by atoms with Crippen molar-refractivity contribution in [1.29, 1.82) is 0 Å². The number of aromatic nitrogens is 2. The lowest BCUT2D eigenvalue weighted by Gasteiger charge is -2.17. The summed E-state index contributed by atoms with van der Waals surface area (Å²) in [5.41, 5.74) is 1.53. The summed E-state index contributed by atoms with van der Waals surface area (Å²) in [5, 5.41) is 2.48. The largest absolute Gasteiger partial charge is 0.315 e. The number of carbonyl (C=O) groups excluding carboxylic acids is 1. The Labute approximate surface area is 154 Å². The van der Waals surface area contributed by atoms with Crippen molar-refractivity contribution in [2.24, 2.45) is 0 Å². The maximum atomic E-state index is 12.6. The second-order valence-corrected chi connectivity index (χ2v) is 7.42. The number of nitrogens with zero attached hydrogens (tertiary/aromatic N) is 3. The van der Waals surface area contributed by atoms with Gasteiger partial charge in [-0.05, 0) is 30.0 Å². The fourth-order valence-electron chi connectivity index (χ4n) is 2.47. The van der Waals surface area contributed by atoms with Crippen LogP contribution in [0.2, 0.25) is 0 Å². The lowest BCUT2D eigenvalue weighted by Crippen LogP contribution is -2.28. The van der Waals surface area contributed by atoms with E-state index in [0.29, 0.717) is 21.9 Å². The molecule has 7 heteroatoms. The van der Waals surface area contributed by atoms with Gasteiger partial charge in [-0.2, -0.15) is 0 Å². The molecule has 0 radical (unpaired) electrons. The van der Waals surface area contributed by atoms with Crippen LogP contribution in [0.15, 0.2) is 51.7 Å². The Morgan fingerprint density at radius 1 is 1.28 bits per heavy atom. The number of thioether (sulfide) groups is 1. The number of hydrogen-bond donors (Lipinski definition) is 0. The van der Waals surface area contributed by atoms with Crippen LogP contribution in [0.5, 0.6) is 0 Å². The van der Waals surface area contributed by atoms with Crippen LogP contribution >= 0.6 is 23.1 Å². The highest BCUT2D eigenvalue weighted by molar-refractivity contribution is 7.99. The number of anilines is 1. The summed E-state index contributed by atoms with van der Waals surface area (Å²) in [5.74, 6) is 0.205. The normalized spacial score (nSPS) is 11.0. The molecule has 0 saturated carbocycles. The Kier molecular flexibility index (Phi) is 5.55. The second-order valence-electron chi connectivity index (χ2n) is 5.56. The van der Waals surface area contributed by atoms with Crippen LogP contribution in [0.4, 0.5) is 5.69 Å². The van der Waals surface area contributed by atoms with Gasteiger partial charge in [0.1, 0.15) is 4.70 Å². The van der Waals surface area contributed by atoms with Crippen molar-refractivity contribution in [2.75, 3.05) is 17.7 Å². The Bertz CT molecular complexity index is 934. The highest BCUT2D eigenvalue weighted by Crippen LogP contribution is 2.22.